The number of ether oxygens (including phenoxy) is 1. The van der Waals surface area contributed by atoms with E-state index in [1.165, 1.54) is 0 Å². The molecule has 2 rings (SSSR count). The summed E-state index contributed by atoms with van der Waals surface area (Å²) in [6.07, 6.45) is 0. The molecule has 0 bridgehead atoms. The summed E-state index contributed by atoms with van der Waals surface area (Å²) in [6, 6.07) is 6.69. The maximum absolute atomic E-state index is 5.84. The molecule has 0 aliphatic carbocycles. The van der Waals surface area contributed by atoms with Crippen molar-refractivity contribution in [3.05, 3.63) is 44.9 Å². The second kappa shape index (κ2) is 5.27. The summed E-state index contributed by atoms with van der Waals surface area (Å²) in [6.45, 7) is 0. The van der Waals surface area contributed by atoms with Gasteiger partial charge >= 0.3 is 0 Å². The Labute approximate surface area is 117 Å². The molecule has 0 aliphatic heterocycles. The Morgan fingerprint density at radius 1 is 0.824 bits per heavy atom. The zero-order chi connectivity index (χ0) is 12.4. The van der Waals surface area contributed by atoms with Crippen molar-refractivity contribution in [1.82, 2.24) is 9.97 Å². The van der Waals surface area contributed by atoms with E-state index in [1.54, 1.807) is 24.3 Å². The third kappa shape index (κ3) is 3.13. The zero-order valence-electron chi connectivity index (χ0n) is 8.12. The second-order valence-electron chi connectivity index (χ2n) is 2.96. The van der Waals surface area contributed by atoms with Crippen LogP contribution in [0.1, 0.15) is 0 Å². The first-order valence-corrected chi connectivity index (χ1v) is 5.89. The predicted octanol–water partition coefficient (Wildman–Crippen LogP) is 4.88. The smallest absolute Gasteiger partial charge is 0.225 e. The maximum Gasteiger partial charge on any atom is 0.225 e. The van der Waals surface area contributed by atoms with Gasteiger partial charge in [-0.15, -0.1) is 0 Å². The molecule has 0 spiro atoms. The molecule has 1 aromatic heterocycles. The van der Waals surface area contributed by atoms with Crippen LogP contribution in [0.15, 0.2) is 24.3 Å². The Morgan fingerprint density at radius 2 is 1.35 bits per heavy atom. The quantitative estimate of drug-likeness (QED) is 0.585. The highest BCUT2D eigenvalue weighted by molar-refractivity contribution is 6.37. The van der Waals surface area contributed by atoms with Crippen molar-refractivity contribution in [2.75, 3.05) is 0 Å². The van der Waals surface area contributed by atoms with Crippen LogP contribution >= 0.6 is 46.4 Å². The van der Waals surface area contributed by atoms with Gasteiger partial charge in [0.15, 0.2) is 10.3 Å². The fourth-order valence-corrected chi connectivity index (χ4v) is 1.92. The number of hydrogen-bond acceptors (Lipinski definition) is 3. The molecule has 3 nitrogen and oxygen atoms in total. The molecule has 0 amide bonds. The predicted molar refractivity (Wildman–Crippen MR) is 68.6 cm³/mol. The summed E-state index contributed by atoms with van der Waals surface area (Å²) in [5.41, 5.74) is 0. The molecule has 7 heteroatoms. The molecule has 0 aliphatic rings. The van der Waals surface area contributed by atoms with Crippen LogP contribution in [0.4, 0.5) is 0 Å². The summed E-state index contributed by atoms with van der Waals surface area (Å²) in [5, 5.41) is 0.653. The van der Waals surface area contributed by atoms with Gasteiger partial charge in [0.2, 0.25) is 11.0 Å². The van der Waals surface area contributed by atoms with Gasteiger partial charge in [0.05, 0.1) is 0 Å². The third-order valence-corrected chi connectivity index (χ3v) is 2.72. The van der Waals surface area contributed by atoms with Crippen molar-refractivity contribution in [2.45, 2.75) is 0 Å². The summed E-state index contributed by atoms with van der Waals surface area (Å²) >= 11 is 23.0. The highest BCUT2D eigenvalue weighted by Gasteiger charge is 2.13. The second-order valence-corrected chi connectivity index (χ2v) is 4.45. The Balaban J connectivity index is 2.33. The molecule has 0 atom stereocenters. The Morgan fingerprint density at radius 3 is 1.88 bits per heavy atom. The highest BCUT2D eigenvalue weighted by atomic mass is 35.5. The number of halogens is 4. The summed E-state index contributed by atoms with van der Waals surface area (Å²) in [5.74, 6) is 0.671. The van der Waals surface area contributed by atoms with E-state index in [0.29, 0.717) is 10.8 Å². The first kappa shape index (κ1) is 12.7. The number of nitrogens with zero attached hydrogens (tertiary/aromatic N) is 2. The molecule has 0 N–H and O–H groups in total. The SMILES string of the molecule is Clc1ccc(Oc2c(Cl)nc(Cl)nc2Cl)cc1. The van der Waals surface area contributed by atoms with E-state index >= 15 is 0 Å². The molecule has 0 saturated carbocycles. The first-order valence-electron chi connectivity index (χ1n) is 4.38. The number of aromatic nitrogens is 2. The van der Waals surface area contributed by atoms with Gasteiger partial charge in [-0.05, 0) is 35.9 Å². The Hall–Kier alpha value is -0.740. The van der Waals surface area contributed by atoms with Crippen molar-refractivity contribution >= 4 is 46.4 Å². The monoisotopic (exact) mass is 308 g/mol. The van der Waals surface area contributed by atoms with E-state index in [2.05, 4.69) is 9.97 Å². The molecule has 17 heavy (non-hydrogen) atoms. The van der Waals surface area contributed by atoms with Crippen LogP contribution in [-0.4, -0.2) is 9.97 Å². The molecule has 0 saturated heterocycles. The van der Waals surface area contributed by atoms with Gasteiger partial charge in [-0.2, -0.15) is 0 Å². The van der Waals surface area contributed by atoms with Crippen molar-refractivity contribution in [1.29, 1.82) is 0 Å². The summed E-state index contributed by atoms with van der Waals surface area (Å²) in [4.78, 5) is 7.46. The van der Waals surface area contributed by atoms with E-state index in [4.69, 9.17) is 51.1 Å². The minimum atomic E-state index is -0.0385. The molecule has 0 radical (unpaired) electrons. The van der Waals surface area contributed by atoms with E-state index in [9.17, 15) is 0 Å². The van der Waals surface area contributed by atoms with Crippen molar-refractivity contribution < 1.29 is 4.74 Å². The van der Waals surface area contributed by atoms with E-state index < -0.39 is 0 Å². The van der Waals surface area contributed by atoms with Gasteiger partial charge in [-0.1, -0.05) is 34.8 Å². The van der Waals surface area contributed by atoms with Gasteiger partial charge < -0.3 is 4.74 Å². The lowest BCUT2D eigenvalue weighted by Gasteiger charge is -2.08. The van der Waals surface area contributed by atoms with Crippen molar-refractivity contribution in [2.24, 2.45) is 0 Å². The molecule has 0 unspecified atom stereocenters. The molecule has 2 aromatic rings. The number of rotatable bonds is 2. The van der Waals surface area contributed by atoms with Crippen LogP contribution in [0, 0.1) is 0 Å². The fourth-order valence-electron chi connectivity index (χ4n) is 1.08. The maximum atomic E-state index is 5.84. The first-order chi connectivity index (χ1) is 8.06. The Bertz CT molecular complexity index is 521. The zero-order valence-corrected chi connectivity index (χ0v) is 11.1. The minimum Gasteiger partial charge on any atom is -0.451 e. The van der Waals surface area contributed by atoms with Gasteiger partial charge in [-0.25, -0.2) is 9.97 Å². The van der Waals surface area contributed by atoms with Gasteiger partial charge in [0.1, 0.15) is 5.75 Å². The number of benzene rings is 1. The van der Waals surface area contributed by atoms with Crippen LogP contribution in [0.25, 0.3) is 0 Å². The largest absolute Gasteiger partial charge is 0.451 e. The van der Waals surface area contributed by atoms with E-state index in [-0.39, 0.29) is 21.3 Å². The summed E-state index contributed by atoms with van der Waals surface area (Å²) < 4.78 is 5.44. The molecule has 1 aromatic carbocycles. The van der Waals surface area contributed by atoms with Gasteiger partial charge in [0, 0.05) is 5.02 Å². The van der Waals surface area contributed by atoms with Crippen LogP contribution in [0.5, 0.6) is 11.5 Å². The van der Waals surface area contributed by atoms with Gasteiger partial charge in [-0.3, -0.25) is 0 Å². The summed E-state index contributed by atoms with van der Waals surface area (Å²) in [7, 11) is 0. The molecule has 0 fully saturated rings. The fraction of sp³-hybridized carbons (Fsp3) is 0. The minimum absolute atomic E-state index is 0.0385. The van der Waals surface area contributed by atoms with Crippen molar-refractivity contribution in [3.8, 4) is 11.5 Å². The lowest BCUT2D eigenvalue weighted by molar-refractivity contribution is 0.478. The Kier molecular flexibility index (Phi) is 3.94. The van der Waals surface area contributed by atoms with Crippen LogP contribution in [0.2, 0.25) is 20.6 Å². The van der Waals surface area contributed by atoms with Crippen LogP contribution < -0.4 is 4.74 Å². The average Bonchev–Trinajstić information content (AvgIpc) is 2.26. The normalized spacial score (nSPS) is 10.4. The number of hydrogen-bond donors (Lipinski definition) is 0. The van der Waals surface area contributed by atoms with E-state index in [0.717, 1.165) is 0 Å². The average molecular weight is 310 g/mol. The van der Waals surface area contributed by atoms with Crippen LogP contribution in [-0.2, 0) is 0 Å². The van der Waals surface area contributed by atoms with Crippen molar-refractivity contribution in [3.63, 3.8) is 0 Å². The molecular formula is C10H4Cl4N2O. The molecule has 88 valence electrons. The van der Waals surface area contributed by atoms with E-state index in [1.807, 2.05) is 0 Å². The van der Waals surface area contributed by atoms with Gasteiger partial charge in [0.25, 0.3) is 0 Å². The standard InChI is InChI=1S/C10H4Cl4N2O/c11-5-1-3-6(4-2-5)17-7-8(12)15-10(14)16-9(7)13/h1-4H. The lowest BCUT2D eigenvalue weighted by Crippen LogP contribution is -1.92. The molecule has 1 heterocycles. The highest BCUT2D eigenvalue weighted by Crippen LogP contribution is 2.34. The molecular weight excluding hydrogens is 306 g/mol. The third-order valence-electron chi connectivity index (χ3n) is 1.79. The lowest BCUT2D eigenvalue weighted by atomic mass is 10.3. The topological polar surface area (TPSA) is 35.0 Å². The van der Waals surface area contributed by atoms with Crippen LogP contribution in [0.3, 0.4) is 0 Å².